The molecule has 1 unspecified atom stereocenters. The van der Waals surface area contributed by atoms with Crippen molar-refractivity contribution in [2.45, 2.75) is 44.9 Å². The van der Waals surface area contributed by atoms with E-state index in [0.29, 0.717) is 0 Å². The van der Waals surface area contributed by atoms with Gasteiger partial charge in [0.1, 0.15) is 18.7 Å². The minimum Gasteiger partial charge on any atom is -0.480 e. The molecule has 0 bridgehead atoms. The summed E-state index contributed by atoms with van der Waals surface area (Å²) in [4.78, 5) is 38.3. The lowest BCUT2D eigenvalue weighted by molar-refractivity contribution is -0.151. The molecule has 0 saturated heterocycles. The van der Waals surface area contributed by atoms with E-state index < -0.39 is 36.2 Å². The predicted molar refractivity (Wildman–Crippen MR) is 123 cm³/mol. The number of carboxylic acids is 1. The molecule has 33 heavy (non-hydrogen) atoms. The van der Waals surface area contributed by atoms with E-state index >= 15 is 0 Å². The van der Waals surface area contributed by atoms with Crippen LogP contribution in [-0.4, -0.2) is 66.4 Å². The molecule has 0 spiro atoms. The molecule has 8 nitrogen and oxygen atoms in total. The fourth-order valence-corrected chi connectivity index (χ4v) is 4.22. The van der Waals surface area contributed by atoms with Crippen molar-refractivity contribution >= 4 is 18.0 Å². The quantitative estimate of drug-likeness (QED) is 0.603. The van der Waals surface area contributed by atoms with E-state index in [-0.39, 0.29) is 19.1 Å². The number of carbonyl (C=O) groups is 3. The van der Waals surface area contributed by atoms with Gasteiger partial charge in [-0.25, -0.2) is 9.59 Å². The zero-order chi connectivity index (χ0) is 24.1. The Morgan fingerprint density at radius 1 is 1.03 bits per heavy atom. The Morgan fingerprint density at radius 2 is 1.58 bits per heavy atom. The van der Waals surface area contributed by atoms with Crippen LogP contribution in [0.5, 0.6) is 0 Å². The van der Waals surface area contributed by atoms with Crippen LogP contribution in [0.1, 0.15) is 37.8 Å². The second-order valence-electron chi connectivity index (χ2n) is 8.03. The average Bonchev–Trinajstić information content (AvgIpc) is 3.14. The molecule has 2 N–H and O–H groups in total. The van der Waals surface area contributed by atoms with Gasteiger partial charge in [-0.1, -0.05) is 48.5 Å². The molecular formula is C25H30N2O6. The molecule has 2 aromatic rings. The smallest absolute Gasteiger partial charge is 0.407 e. The first-order valence-electron chi connectivity index (χ1n) is 11.0. The van der Waals surface area contributed by atoms with E-state index in [0.717, 1.165) is 22.3 Å². The van der Waals surface area contributed by atoms with Crippen molar-refractivity contribution in [3.8, 4) is 11.1 Å². The van der Waals surface area contributed by atoms with Gasteiger partial charge >= 0.3 is 12.1 Å². The number of rotatable bonds is 9. The number of ether oxygens (including phenoxy) is 2. The van der Waals surface area contributed by atoms with Gasteiger partial charge in [0.25, 0.3) is 0 Å². The summed E-state index contributed by atoms with van der Waals surface area (Å²) in [5.41, 5.74) is 4.39. The largest absolute Gasteiger partial charge is 0.480 e. The van der Waals surface area contributed by atoms with Crippen molar-refractivity contribution in [2.24, 2.45) is 0 Å². The number of methoxy groups -OCH3 is 1. The third kappa shape index (κ3) is 5.01. The molecule has 8 heteroatoms. The number of alkyl carbamates (subject to hydrolysis) is 1. The van der Waals surface area contributed by atoms with Crippen molar-refractivity contribution in [3.05, 3.63) is 59.7 Å². The normalized spacial score (nSPS) is 15.0. The van der Waals surface area contributed by atoms with Gasteiger partial charge in [0.15, 0.2) is 0 Å². The predicted octanol–water partition coefficient (Wildman–Crippen LogP) is 3.25. The van der Waals surface area contributed by atoms with Gasteiger partial charge in [0.2, 0.25) is 5.91 Å². The number of aliphatic carboxylic acids is 1. The van der Waals surface area contributed by atoms with Crippen LogP contribution in [0, 0.1) is 0 Å². The molecule has 1 aliphatic rings. The summed E-state index contributed by atoms with van der Waals surface area (Å²) in [6, 6.07) is 13.9. The summed E-state index contributed by atoms with van der Waals surface area (Å²) in [5.74, 6) is -1.79. The van der Waals surface area contributed by atoms with Crippen LogP contribution in [0.15, 0.2) is 48.5 Å². The van der Waals surface area contributed by atoms with Crippen LogP contribution in [0.25, 0.3) is 11.1 Å². The van der Waals surface area contributed by atoms with Gasteiger partial charge in [-0.2, -0.15) is 0 Å². The number of hydrogen-bond acceptors (Lipinski definition) is 5. The molecule has 0 radical (unpaired) electrons. The Hall–Kier alpha value is -3.39. The van der Waals surface area contributed by atoms with Gasteiger partial charge in [-0.05, 0) is 43.0 Å². The summed E-state index contributed by atoms with van der Waals surface area (Å²) in [6.45, 7) is 5.01. The van der Waals surface area contributed by atoms with E-state index in [1.807, 2.05) is 48.5 Å². The van der Waals surface area contributed by atoms with E-state index in [9.17, 15) is 19.5 Å². The Kier molecular flexibility index (Phi) is 7.71. The van der Waals surface area contributed by atoms with Crippen molar-refractivity contribution in [3.63, 3.8) is 0 Å². The highest BCUT2D eigenvalue weighted by Gasteiger charge is 2.35. The zero-order valence-electron chi connectivity index (χ0n) is 19.3. The monoisotopic (exact) mass is 454 g/mol. The van der Waals surface area contributed by atoms with Crippen LogP contribution in [0.4, 0.5) is 4.79 Å². The number of fused-ring (bicyclic) bond motifs is 3. The van der Waals surface area contributed by atoms with Gasteiger partial charge in [-0.15, -0.1) is 0 Å². The third-order valence-electron chi connectivity index (χ3n) is 6.17. The summed E-state index contributed by atoms with van der Waals surface area (Å²) in [6.07, 6.45) is -1.45. The highest BCUT2D eigenvalue weighted by molar-refractivity contribution is 5.89. The minimum atomic E-state index is -1.13. The van der Waals surface area contributed by atoms with Crippen molar-refractivity contribution in [1.29, 1.82) is 0 Å². The third-order valence-corrected chi connectivity index (χ3v) is 6.17. The first-order valence-corrected chi connectivity index (χ1v) is 11.0. The molecule has 0 aliphatic heterocycles. The number of carbonyl (C=O) groups excluding carboxylic acids is 2. The van der Waals surface area contributed by atoms with E-state index in [4.69, 9.17) is 9.47 Å². The van der Waals surface area contributed by atoms with E-state index in [1.54, 1.807) is 13.8 Å². The fourth-order valence-electron chi connectivity index (χ4n) is 4.22. The Bertz CT molecular complexity index is 978. The van der Waals surface area contributed by atoms with Crippen LogP contribution in [0.2, 0.25) is 0 Å². The van der Waals surface area contributed by atoms with Crippen LogP contribution >= 0.6 is 0 Å². The highest BCUT2D eigenvalue weighted by Crippen LogP contribution is 2.44. The number of benzene rings is 2. The van der Waals surface area contributed by atoms with Gasteiger partial charge in [0, 0.05) is 19.6 Å². The summed E-state index contributed by atoms with van der Waals surface area (Å²) < 4.78 is 10.8. The molecular weight excluding hydrogens is 424 g/mol. The van der Waals surface area contributed by atoms with E-state index in [2.05, 4.69) is 5.32 Å². The standard InChI is InChI=1S/C25H30N2O6/c1-5-27(15(2)24(29)30)23(28)22(16(3)32-4)26-25(31)33-14-21-19-12-8-6-10-17(19)18-11-7-9-13-20(18)21/h6-13,15-16,21-22H,5,14H2,1-4H3,(H,26,31)(H,29,30)/t15?,16-,22+/m1/s1. The topological polar surface area (TPSA) is 105 Å². The molecule has 2 aromatic carbocycles. The van der Waals surface area contributed by atoms with Gasteiger partial charge < -0.3 is 24.8 Å². The fraction of sp³-hybridized carbons (Fsp3) is 0.400. The lowest BCUT2D eigenvalue weighted by Crippen LogP contribution is -2.57. The Balaban J connectivity index is 1.73. The van der Waals surface area contributed by atoms with Crippen molar-refractivity contribution < 1.29 is 29.0 Å². The number of carboxylic acid groups (broad SMARTS) is 1. The average molecular weight is 455 g/mol. The van der Waals surface area contributed by atoms with E-state index in [1.165, 1.54) is 18.9 Å². The zero-order valence-corrected chi connectivity index (χ0v) is 19.3. The minimum absolute atomic E-state index is 0.102. The molecule has 2 amide bonds. The summed E-state index contributed by atoms with van der Waals surface area (Å²) in [5, 5.41) is 11.9. The molecule has 0 fully saturated rings. The number of nitrogens with zero attached hydrogens (tertiary/aromatic N) is 1. The van der Waals surface area contributed by atoms with Crippen LogP contribution < -0.4 is 5.32 Å². The molecule has 3 rings (SSSR count). The lowest BCUT2D eigenvalue weighted by Gasteiger charge is -2.31. The lowest BCUT2D eigenvalue weighted by atomic mass is 9.98. The maximum absolute atomic E-state index is 13.1. The number of likely N-dealkylation sites (N-methyl/N-ethyl adjacent to an activating group) is 1. The number of nitrogens with one attached hydrogen (secondary N) is 1. The molecule has 0 saturated carbocycles. The van der Waals surface area contributed by atoms with Gasteiger partial charge in [-0.3, -0.25) is 4.79 Å². The number of hydrogen-bond donors (Lipinski definition) is 2. The highest BCUT2D eigenvalue weighted by atomic mass is 16.5. The SMILES string of the molecule is CCN(C(=O)[C@@H](NC(=O)OCC1c2ccccc2-c2ccccc21)[C@@H](C)OC)C(C)C(=O)O. The maximum atomic E-state index is 13.1. The summed E-state index contributed by atoms with van der Waals surface area (Å²) in [7, 11) is 1.42. The Morgan fingerprint density at radius 3 is 2.06 bits per heavy atom. The second-order valence-corrected chi connectivity index (χ2v) is 8.03. The maximum Gasteiger partial charge on any atom is 0.407 e. The molecule has 0 heterocycles. The first-order chi connectivity index (χ1) is 15.8. The second kappa shape index (κ2) is 10.5. The van der Waals surface area contributed by atoms with Crippen molar-refractivity contribution in [2.75, 3.05) is 20.3 Å². The van der Waals surface area contributed by atoms with Crippen molar-refractivity contribution in [1.82, 2.24) is 10.2 Å². The first kappa shape index (κ1) is 24.3. The molecule has 1 aliphatic carbocycles. The summed E-state index contributed by atoms with van der Waals surface area (Å²) >= 11 is 0. The van der Waals surface area contributed by atoms with Crippen LogP contribution in [0.3, 0.4) is 0 Å². The Labute approximate surface area is 193 Å². The van der Waals surface area contributed by atoms with Gasteiger partial charge in [0.05, 0.1) is 6.10 Å². The number of amides is 2. The molecule has 0 aromatic heterocycles. The molecule has 3 atom stereocenters. The van der Waals surface area contributed by atoms with Crippen LogP contribution in [-0.2, 0) is 19.1 Å². The molecule has 176 valence electrons.